The molecule has 0 atom stereocenters. The van der Waals surface area contributed by atoms with Crippen LogP contribution in [0.2, 0.25) is 0 Å². The second kappa shape index (κ2) is 7.87. The van der Waals surface area contributed by atoms with Gasteiger partial charge >= 0.3 is 0 Å². The van der Waals surface area contributed by atoms with E-state index < -0.39 is 0 Å². The highest BCUT2D eigenvalue weighted by Gasteiger charge is 2.08. The maximum atomic E-state index is 5.62. The third kappa shape index (κ3) is 4.49. The lowest BCUT2D eigenvalue weighted by molar-refractivity contribution is 0.0962. The lowest BCUT2D eigenvalue weighted by Crippen LogP contribution is -2.11. The van der Waals surface area contributed by atoms with Crippen molar-refractivity contribution in [2.24, 2.45) is 0 Å². The van der Waals surface area contributed by atoms with Crippen LogP contribution in [-0.2, 0) is 4.74 Å². The Labute approximate surface area is 109 Å². The predicted octanol–water partition coefficient (Wildman–Crippen LogP) is 2.33. The maximum Gasteiger partial charge on any atom is 0.221 e. The van der Waals surface area contributed by atoms with Crippen molar-refractivity contribution in [1.82, 2.24) is 9.97 Å². The van der Waals surface area contributed by atoms with Gasteiger partial charge in [0, 0.05) is 13.7 Å². The van der Waals surface area contributed by atoms with E-state index in [0.717, 1.165) is 30.8 Å². The van der Waals surface area contributed by atoms with E-state index in [1.807, 2.05) is 20.9 Å². The molecule has 1 heterocycles. The van der Waals surface area contributed by atoms with Crippen LogP contribution in [0.5, 0.6) is 5.88 Å². The average Bonchev–Trinajstić information content (AvgIpc) is 2.37. The van der Waals surface area contributed by atoms with Gasteiger partial charge in [0.05, 0.1) is 12.2 Å². The van der Waals surface area contributed by atoms with Crippen LogP contribution in [0.15, 0.2) is 0 Å². The topological polar surface area (TPSA) is 56.3 Å². The molecule has 0 aliphatic carbocycles. The highest BCUT2D eigenvalue weighted by molar-refractivity contribution is 5.47. The van der Waals surface area contributed by atoms with E-state index in [4.69, 9.17) is 9.47 Å². The summed E-state index contributed by atoms with van der Waals surface area (Å²) in [4.78, 5) is 8.57. The highest BCUT2D eigenvalue weighted by atomic mass is 16.5. The van der Waals surface area contributed by atoms with Crippen molar-refractivity contribution in [1.29, 1.82) is 0 Å². The first-order valence-electron chi connectivity index (χ1n) is 6.42. The van der Waals surface area contributed by atoms with Crippen molar-refractivity contribution in [3.63, 3.8) is 0 Å². The molecule has 0 unspecified atom stereocenters. The van der Waals surface area contributed by atoms with Gasteiger partial charge in [0.1, 0.15) is 18.2 Å². The van der Waals surface area contributed by atoms with Gasteiger partial charge in [0.25, 0.3) is 0 Å². The normalized spacial score (nSPS) is 10.4. The first-order valence-corrected chi connectivity index (χ1v) is 6.42. The minimum absolute atomic E-state index is 0.518. The largest absolute Gasteiger partial charge is 0.475 e. The summed E-state index contributed by atoms with van der Waals surface area (Å²) in [7, 11) is 1.84. The molecule has 1 aromatic rings. The number of hydrogen-bond acceptors (Lipinski definition) is 5. The number of ether oxygens (including phenoxy) is 2. The zero-order valence-electron chi connectivity index (χ0n) is 11.7. The van der Waals surface area contributed by atoms with E-state index in [-0.39, 0.29) is 0 Å². The smallest absolute Gasteiger partial charge is 0.221 e. The van der Waals surface area contributed by atoms with E-state index in [9.17, 15) is 0 Å². The molecule has 0 aliphatic rings. The summed E-state index contributed by atoms with van der Waals surface area (Å²) in [6.07, 6.45) is 2.24. The lowest BCUT2D eigenvalue weighted by Gasteiger charge is -2.12. The van der Waals surface area contributed by atoms with Gasteiger partial charge in [-0.25, -0.2) is 4.98 Å². The Morgan fingerprint density at radius 1 is 1.11 bits per heavy atom. The number of unbranched alkanes of at least 4 members (excludes halogenated alkanes) is 1. The number of rotatable bonds is 8. The molecule has 1 rings (SSSR count). The summed E-state index contributed by atoms with van der Waals surface area (Å²) in [5, 5.41) is 3.03. The number of hydrogen-bond donors (Lipinski definition) is 1. The van der Waals surface area contributed by atoms with E-state index in [2.05, 4.69) is 22.2 Å². The Bertz CT molecular complexity index is 369. The van der Waals surface area contributed by atoms with Crippen LogP contribution in [0.3, 0.4) is 0 Å². The van der Waals surface area contributed by atoms with Gasteiger partial charge in [0.2, 0.25) is 5.88 Å². The summed E-state index contributed by atoms with van der Waals surface area (Å²) in [5.74, 6) is 2.14. The van der Waals surface area contributed by atoms with Gasteiger partial charge in [-0.2, -0.15) is 4.98 Å². The fourth-order valence-corrected chi connectivity index (χ4v) is 1.53. The molecule has 1 aromatic heterocycles. The Morgan fingerprint density at radius 3 is 2.56 bits per heavy atom. The maximum absolute atomic E-state index is 5.62. The van der Waals surface area contributed by atoms with Crippen LogP contribution in [0.1, 0.15) is 31.2 Å². The SMILES string of the molecule is CCCCOCCOc1nc(C)nc(NC)c1C. The van der Waals surface area contributed by atoms with Crippen molar-refractivity contribution in [2.75, 3.05) is 32.2 Å². The van der Waals surface area contributed by atoms with E-state index in [0.29, 0.717) is 24.9 Å². The third-order valence-corrected chi connectivity index (χ3v) is 2.56. The fraction of sp³-hybridized carbons (Fsp3) is 0.692. The van der Waals surface area contributed by atoms with Crippen molar-refractivity contribution in [3.8, 4) is 5.88 Å². The fourth-order valence-electron chi connectivity index (χ4n) is 1.53. The second-order valence-electron chi connectivity index (χ2n) is 4.11. The van der Waals surface area contributed by atoms with Gasteiger partial charge in [-0.3, -0.25) is 0 Å². The monoisotopic (exact) mass is 253 g/mol. The summed E-state index contributed by atoms with van der Waals surface area (Å²) < 4.78 is 11.1. The van der Waals surface area contributed by atoms with Crippen LogP contribution in [0, 0.1) is 13.8 Å². The van der Waals surface area contributed by atoms with Crippen LogP contribution >= 0.6 is 0 Å². The van der Waals surface area contributed by atoms with Crippen LogP contribution in [0.4, 0.5) is 5.82 Å². The third-order valence-electron chi connectivity index (χ3n) is 2.56. The minimum atomic E-state index is 0.518. The molecule has 5 heteroatoms. The summed E-state index contributed by atoms with van der Waals surface area (Å²) in [6, 6.07) is 0. The van der Waals surface area contributed by atoms with Crippen LogP contribution < -0.4 is 10.1 Å². The van der Waals surface area contributed by atoms with E-state index in [1.54, 1.807) is 0 Å². The lowest BCUT2D eigenvalue weighted by atomic mass is 10.3. The van der Waals surface area contributed by atoms with Crippen LogP contribution in [0.25, 0.3) is 0 Å². The molecule has 0 bridgehead atoms. The number of nitrogens with zero attached hydrogens (tertiary/aromatic N) is 2. The molecule has 0 radical (unpaired) electrons. The minimum Gasteiger partial charge on any atom is -0.475 e. The number of nitrogens with one attached hydrogen (secondary N) is 1. The van der Waals surface area contributed by atoms with Gasteiger partial charge in [0.15, 0.2) is 0 Å². The number of aryl methyl sites for hydroxylation is 1. The molecule has 0 saturated heterocycles. The van der Waals surface area contributed by atoms with Crippen molar-refractivity contribution < 1.29 is 9.47 Å². The van der Waals surface area contributed by atoms with Gasteiger partial charge < -0.3 is 14.8 Å². The molecule has 5 nitrogen and oxygen atoms in total. The molecule has 0 amide bonds. The Balaban J connectivity index is 2.44. The Hall–Kier alpha value is -1.36. The summed E-state index contributed by atoms with van der Waals surface area (Å²) in [5.41, 5.74) is 0.927. The highest BCUT2D eigenvalue weighted by Crippen LogP contribution is 2.21. The predicted molar refractivity (Wildman–Crippen MR) is 72.3 cm³/mol. The zero-order valence-corrected chi connectivity index (χ0v) is 11.7. The standard InChI is InChI=1S/C13H23N3O2/c1-5-6-7-17-8-9-18-13-10(2)12(14-4)15-11(3)16-13/h5-9H2,1-4H3,(H,14,15,16). The quantitative estimate of drug-likeness (QED) is 0.721. The summed E-state index contributed by atoms with van der Waals surface area (Å²) >= 11 is 0. The molecule has 0 aromatic carbocycles. The van der Waals surface area contributed by atoms with Crippen molar-refractivity contribution in [3.05, 3.63) is 11.4 Å². The van der Waals surface area contributed by atoms with Gasteiger partial charge in [-0.05, 0) is 20.3 Å². The van der Waals surface area contributed by atoms with Crippen molar-refractivity contribution >= 4 is 5.82 Å². The first-order chi connectivity index (χ1) is 8.69. The molecular formula is C13H23N3O2. The molecule has 1 N–H and O–H groups in total. The molecule has 0 aliphatic heterocycles. The molecule has 0 spiro atoms. The molecule has 0 fully saturated rings. The van der Waals surface area contributed by atoms with E-state index in [1.165, 1.54) is 0 Å². The molecule has 102 valence electrons. The van der Waals surface area contributed by atoms with Crippen molar-refractivity contribution in [2.45, 2.75) is 33.6 Å². The number of anilines is 1. The zero-order chi connectivity index (χ0) is 13.4. The molecule has 18 heavy (non-hydrogen) atoms. The number of aromatic nitrogens is 2. The van der Waals surface area contributed by atoms with Gasteiger partial charge in [-0.1, -0.05) is 13.3 Å². The Morgan fingerprint density at radius 2 is 1.89 bits per heavy atom. The summed E-state index contributed by atoms with van der Waals surface area (Å²) in [6.45, 7) is 7.85. The average molecular weight is 253 g/mol. The second-order valence-corrected chi connectivity index (χ2v) is 4.11. The Kier molecular flexibility index (Phi) is 6.43. The van der Waals surface area contributed by atoms with E-state index >= 15 is 0 Å². The molecular weight excluding hydrogens is 230 g/mol. The molecule has 0 saturated carbocycles. The van der Waals surface area contributed by atoms with Crippen LogP contribution in [-0.4, -0.2) is 36.8 Å². The van der Waals surface area contributed by atoms with Gasteiger partial charge in [-0.15, -0.1) is 0 Å². The first kappa shape index (κ1) is 14.7.